The summed E-state index contributed by atoms with van der Waals surface area (Å²) in [6.45, 7) is 1.09. The molecule has 0 fully saturated rings. The molecule has 0 amide bonds. The Morgan fingerprint density at radius 1 is 1.44 bits per heavy atom. The summed E-state index contributed by atoms with van der Waals surface area (Å²) in [5.41, 5.74) is 0.0613. The average Bonchev–Trinajstić information content (AvgIpc) is 2.36. The van der Waals surface area contributed by atoms with Crippen LogP contribution in [0.15, 0.2) is 30.0 Å². The number of rotatable bonds is 5. The fourth-order valence-electron chi connectivity index (χ4n) is 1.34. The Hall–Kier alpha value is -2.21. The smallest absolute Gasteiger partial charge is 0.409 e. The van der Waals surface area contributed by atoms with Crippen LogP contribution in [0, 0.1) is 10.1 Å². The molecule has 0 saturated carbocycles. The Kier molecular flexibility index (Phi) is 5.01. The van der Waals surface area contributed by atoms with Gasteiger partial charge in [-0.15, -0.1) is 0 Å². The number of hydrogen-bond acceptors (Lipinski definition) is 4. The van der Waals surface area contributed by atoms with Gasteiger partial charge in [0.05, 0.1) is 11.5 Å². The van der Waals surface area contributed by atoms with Gasteiger partial charge in [-0.1, -0.05) is 24.3 Å². The van der Waals surface area contributed by atoms with E-state index in [2.05, 4.69) is 4.74 Å². The van der Waals surface area contributed by atoms with Crippen LogP contribution < -0.4 is 0 Å². The fraction of sp³-hybridized carbons (Fsp3) is 0.250. The standard InChI is InChI=1S/C12H12NO5/c1-2-18-12(15)11(13(16)17)7-9-5-3-4-6-10(9)8-14/h3-7H,2,8H2,1H3/b11-7+. The van der Waals surface area contributed by atoms with Gasteiger partial charge in [-0.2, -0.15) is 0 Å². The van der Waals surface area contributed by atoms with Gasteiger partial charge in [-0.3, -0.25) is 10.1 Å². The van der Waals surface area contributed by atoms with Crippen molar-refractivity contribution >= 4 is 12.0 Å². The minimum Gasteiger partial charge on any atom is -0.458 e. The highest BCUT2D eigenvalue weighted by molar-refractivity contribution is 5.91. The molecule has 0 aliphatic rings. The van der Waals surface area contributed by atoms with E-state index < -0.39 is 23.2 Å². The first-order chi connectivity index (χ1) is 8.60. The van der Waals surface area contributed by atoms with E-state index in [1.807, 2.05) is 0 Å². The first kappa shape index (κ1) is 13.9. The van der Waals surface area contributed by atoms with Gasteiger partial charge in [0.15, 0.2) is 0 Å². The molecule has 1 aromatic carbocycles. The Morgan fingerprint density at radius 3 is 2.67 bits per heavy atom. The Balaban J connectivity index is 3.16. The number of hydrogen-bond donors (Lipinski definition) is 0. The molecule has 0 aromatic heterocycles. The molecular formula is C12H12NO5. The zero-order valence-electron chi connectivity index (χ0n) is 9.79. The minimum absolute atomic E-state index is 0.0488. The highest BCUT2D eigenvalue weighted by Crippen LogP contribution is 2.14. The largest absolute Gasteiger partial charge is 0.458 e. The van der Waals surface area contributed by atoms with Gasteiger partial charge in [0.25, 0.3) is 0 Å². The molecule has 18 heavy (non-hydrogen) atoms. The van der Waals surface area contributed by atoms with Crippen molar-refractivity contribution in [3.63, 3.8) is 0 Å². The Morgan fingerprint density at radius 2 is 2.11 bits per heavy atom. The molecule has 0 unspecified atom stereocenters. The van der Waals surface area contributed by atoms with E-state index in [0.29, 0.717) is 11.1 Å². The maximum absolute atomic E-state index is 11.4. The summed E-state index contributed by atoms with van der Waals surface area (Å²) in [5.74, 6) is -1.01. The molecule has 0 bridgehead atoms. The molecule has 1 rings (SSSR count). The number of carbonyl (C=O) groups excluding carboxylic acids is 1. The predicted molar refractivity (Wildman–Crippen MR) is 62.4 cm³/mol. The van der Waals surface area contributed by atoms with Crippen molar-refractivity contribution in [2.75, 3.05) is 6.61 Å². The van der Waals surface area contributed by atoms with Crippen LogP contribution in [-0.2, 0) is 21.2 Å². The second-order valence-corrected chi connectivity index (χ2v) is 3.35. The second-order valence-electron chi connectivity index (χ2n) is 3.35. The third kappa shape index (κ3) is 3.39. The van der Waals surface area contributed by atoms with Crippen molar-refractivity contribution in [3.8, 4) is 0 Å². The summed E-state index contributed by atoms with van der Waals surface area (Å²) in [4.78, 5) is 21.3. The van der Waals surface area contributed by atoms with E-state index in [0.717, 1.165) is 6.08 Å². The van der Waals surface area contributed by atoms with Gasteiger partial charge >= 0.3 is 11.7 Å². The summed E-state index contributed by atoms with van der Waals surface area (Å²) in [7, 11) is 0. The third-order valence-corrected chi connectivity index (χ3v) is 2.18. The summed E-state index contributed by atoms with van der Waals surface area (Å²) >= 11 is 0. The molecule has 0 aliphatic heterocycles. The lowest BCUT2D eigenvalue weighted by atomic mass is 10.1. The summed E-state index contributed by atoms with van der Waals surface area (Å²) in [6, 6.07) is 6.38. The van der Waals surface area contributed by atoms with Gasteiger partial charge in [-0.05, 0) is 18.1 Å². The van der Waals surface area contributed by atoms with Crippen molar-refractivity contribution in [1.82, 2.24) is 0 Å². The lowest BCUT2D eigenvalue weighted by molar-refractivity contribution is -0.419. The van der Waals surface area contributed by atoms with Crippen molar-refractivity contribution in [2.24, 2.45) is 0 Å². The van der Waals surface area contributed by atoms with Crippen molar-refractivity contribution in [3.05, 3.63) is 51.2 Å². The summed E-state index contributed by atoms with van der Waals surface area (Å²) < 4.78 is 4.58. The van der Waals surface area contributed by atoms with Crippen molar-refractivity contribution < 1.29 is 19.6 Å². The molecular weight excluding hydrogens is 238 g/mol. The molecule has 0 saturated heterocycles. The van der Waals surface area contributed by atoms with E-state index in [1.165, 1.54) is 6.07 Å². The van der Waals surface area contributed by atoms with E-state index >= 15 is 0 Å². The van der Waals surface area contributed by atoms with E-state index in [9.17, 15) is 20.0 Å². The number of ether oxygens (including phenoxy) is 1. The molecule has 0 N–H and O–H groups in total. The minimum atomic E-state index is -1.01. The lowest BCUT2D eigenvalue weighted by Gasteiger charge is -2.02. The van der Waals surface area contributed by atoms with E-state index in [1.54, 1.807) is 25.1 Å². The molecule has 6 nitrogen and oxygen atoms in total. The second kappa shape index (κ2) is 6.51. The average molecular weight is 250 g/mol. The van der Waals surface area contributed by atoms with Crippen LogP contribution in [-0.4, -0.2) is 17.5 Å². The molecule has 0 atom stereocenters. The number of benzene rings is 1. The number of nitrogens with zero attached hydrogens (tertiary/aromatic N) is 1. The van der Waals surface area contributed by atoms with Crippen LogP contribution in [0.5, 0.6) is 0 Å². The fourth-order valence-corrected chi connectivity index (χ4v) is 1.34. The molecule has 6 heteroatoms. The maximum Gasteiger partial charge on any atom is 0.409 e. The Bertz CT molecular complexity index is 481. The monoisotopic (exact) mass is 250 g/mol. The van der Waals surface area contributed by atoms with Crippen LogP contribution in [0.25, 0.3) is 6.08 Å². The van der Waals surface area contributed by atoms with E-state index in [4.69, 9.17) is 0 Å². The lowest BCUT2D eigenvalue weighted by Crippen LogP contribution is -2.14. The molecule has 0 spiro atoms. The highest BCUT2D eigenvalue weighted by atomic mass is 16.6. The zero-order chi connectivity index (χ0) is 13.5. The SMILES string of the molecule is CCOC(=O)/C(=C\c1ccccc1C[O])[N+](=O)[O-]. The van der Waals surface area contributed by atoms with Crippen LogP contribution in [0.3, 0.4) is 0 Å². The number of esters is 1. The predicted octanol–water partition coefficient (Wildman–Crippen LogP) is 1.80. The van der Waals surface area contributed by atoms with Gasteiger partial charge in [0.2, 0.25) is 0 Å². The summed E-state index contributed by atoms with van der Waals surface area (Å²) in [6.07, 6.45) is 1.06. The molecule has 0 heterocycles. The van der Waals surface area contributed by atoms with Gasteiger partial charge in [0.1, 0.15) is 6.61 Å². The highest BCUT2D eigenvalue weighted by Gasteiger charge is 2.23. The van der Waals surface area contributed by atoms with Gasteiger partial charge in [0, 0.05) is 6.08 Å². The topological polar surface area (TPSA) is 89.3 Å². The Labute approximate surface area is 104 Å². The van der Waals surface area contributed by atoms with Crippen LogP contribution >= 0.6 is 0 Å². The molecule has 1 radical (unpaired) electrons. The van der Waals surface area contributed by atoms with Crippen LogP contribution in [0.2, 0.25) is 0 Å². The third-order valence-electron chi connectivity index (χ3n) is 2.18. The number of carbonyl (C=O) groups is 1. The van der Waals surface area contributed by atoms with Crippen molar-refractivity contribution in [1.29, 1.82) is 0 Å². The zero-order valence-corrected chi connectivity index (χ0v) is 9.79. The molecule has 1 aromatic rings. The van der Waals surface area contributed by atoms with Gasteiger partial charge in [-0.25, -0.2) is 9.90 Å². The maximum atomic E-state index is 11.4. The first-order valence-corrected chi connectivity index (χ1v) is 5.29. The number of nitro groups is 1. The molecule has 95 valence electrons. The first-order valence-electron chi connectivity index (χ1n) is 5.29. The normalized spacial score (nSPS) is 11.1. The quantitative estimate of drug-likeness (QED) is 0.345. The van der Waals surface area contributed by atoms with Gasteiger partial charge < -0.3 is 4.74 Å². The van der Waals surface area contributed by atoms with Crippen molar-refractivity contribution in [2.45, 2.75) is 13.5 Å². The van der Waals surface area contributed by atoms with Crippen LogP contribution in [0.4, 0.5) is 0 Å². The molecule has 0 aliphatic carbocycles. The van der Waals surface area contributed by atoms with Crippen LogP contribution in [0.1, 0.15) is 18.1 Å². The van der Waals surface area contributed by atoms with E-state index in [-0.39, 0.29) is 6.61 Å². The summed E-state index contributed by atoms with van der Waals surface area (Å²) in [5, 5.41) is 21.7.